The molecule has 0 aliphatic carbocycles. The Kier molecular flexibility index (Phi) is 11.8. The van der Waals surface area contributed by atoms with Crippen LogP contribution in [-0.4, -0.2) is 69.9 Å². The maximum Gasteiger partial charge on any atom is 0.326 e. The summed E-state index contributed by atoms with van der Waals surface area (Å²) < 4.78 is 0. The summed E-state index contributed by atoms with van der Waals surface area (Å²) in [6, 6.07) is -4.82. The number of aliphatic carboxylic acids is 2. The van der Waals surface area contributed by atoms with Crippen LogP contribution in [0.1, 0.15) is 46.5 Å². The van der Waals surface area contributed by atoms with Gasteiger partial charge in [0.1, 0.15) is 18.1 Å². The van der Waals surface area contributed by atoms with E-state index < -0.39 is 72.1 Å². The fourth-order valence-electron chi connectivity index (χ4n) is 2.43. The second kappa shape index (κ2) is 13.2. The Labute approximate surface area is 179 Å². The topological polar surface area (TPSA) is 231 Å². The molecular formula is C18H31N5O8. The van der Waals surface area contributed by atoms with Crippen LogP contribution < -0.4 is 27.4 Å². The third-order valence-electron chi connectivity index (χ3n) is 4.23. The van der Waals surface area contributed by atoms with Crippen LogP contribution in [0.3, 0.4) is 0 Å². The number of rotatable bonds is 14. The summed E-state index contributed by atoms with van der Waals surface area (Å²) in [5, 5.41) is 25.1. The summed E-state index contributed by atoms with van der Waals surface area (Å²) in [7, 11) is 0. The second-order valence-electron chi connectivity index (χ2n) is 7.42. The monoisotopic (exact) mass is 445 g/mol. The molecule has 0 rings (SSSR count). The van der Waals surface area contributed by atoms with Gasteiger partial charge in [0.25, 0.3) is 0 Å². The molecule has 0 aliphatic heterocycles. The molecule has 0 aliphatic rings. The predicted molar refractivity (Wildman–Crippen MR) is 107 cm³/mol. The highest BCUT2D eigenvalue weighted by Crippen LogP contribution is 2.07. The molecule has 0 radical (unpaired) electrons. The molecule has 0 saturated carbocycles. The van der Waals surface area contributed by atoms with Crippen molar-refractivity contribution in [2.75, 3.05) is 0 Å². The van der Waals surface area contributed by atoms with Gasteiger partial charge in [0.2, 0.25) is 23.6 Å². The van der Waals surface area contributed by atoms with Crippen LogP contribution in [-0.2, 0) is 28.8 Å². The Morgan fingerprint density at radius 2 is 1.29 bits per heavy atom. The SMILES string of the molecule is CC(N)C(=O)NC(C(=O)NC(CCC(=O)O)C(=O)NC(CCC(N)=O)C(=O)O)C(C)C. The number of carboxylic acids is 2. The molecular weight excluding hydrogens is 414 g/mol. The Morgan fingerprint density at radius 1 is 0.774 bits per heavy atom. The summed E-state index contributed by atoms with van der Waals surface area (Å²) in [4.78, 5) is 70.3. The van der Waals surface area contributed by atoms with Crippen molar-refractivity contribution in [2.45, 2.75) is 70.6 Å². The third kappa shape index (κ3) is 10.9. The lowest BCUT2D eigenvalue weighted by molar-refractivity contribution is -0.143. The number of hydrogen-bond acceptors (Lipinski definition) is 7. The first-order valence-electron chi connectivity index (χ1n) is 9.65. The molecule has 0 aromatic carbocycles. The Balaban J connectivity index is 5.45. The number of nitrogens with two attached hydrogens (primary N) is 2. The van der Waals surface area contributed by atoms with Crippen molar-refractivity contribution >= 4 is 35.6 Å². The smallest absolute Gasteiger partial charge is 0.326 e. The van der Waals surface area contributed by atoms with Gasteiger partial charge in [-0.25, -0.2) is 4.79 Å². The van der Waals surface area contributed by atoms with Gasteiger partial charge < -0.3 is 37.6 Å². The first kappa shape index (κ1) is 27.8. The van der Waals surface area contributed by atoms with Crippen LogP contribution >= 0.6 is 0 Å². The fraction of sp³-hybridized carbons (Fsp3) is 0.667. The molecule has 13 heteroatoms. The molecule has 4 amide bonds. The number of carboxylic acid groups (broad SMARTS) is 2. The summed E-state index contributed by atoms with van der Waals surface area (Å²) in [6.45, 7) is 4.70. The van der Waals surface area contributed by atoms with Gasteiger partial charge >= 0.3 is 11.9 Å². The minimum absolute atomic E-state index is 0.283. The Morgan fingerprint density at radius 3 is 1.71 bits per heavy atom. The van der Waals surface area contributed by atoms with Crippen molar-refractivity contribution in [1.82, 2.24) is 16.0 Å². The lowest BCUT2D eigenvalue weighted by atomic mass is 10.0. The highest BCUT2D eigenvalue weighted by atomic mass is 16.4. The molecule has 9 N–H and O–H groups in total. The lowest BCUT2D eigenvalue weighted by Gasteiger charge is -2.26. The molecule has 0 heterocycles. The van der Waals surface area contributed by atoms with Crippen molar-refractivity contribution in [1.29, 1.82) is 0 Å². The molecule has 0 fully saturated rings. The van der Waals surface area contributed by atoms with Crippen LogP contribution in [0.2, 0.25) is 0 Å². The van der Waals surface area contributed by atoms with E-state index >= 15 is 0 Å². The summed E-state index contributed by atoms with van der Waals surface area (Å²) in [5.74, 6) is -6.14. The van der Waals surface area contributed by atoms with E-state index in [2.05, 4.69) is 16.0 Å². The van der Waals surface area contributed by atoms with E-state index in [1.54, 1.807) is 13.8 Å². The van der Waals surface area contributed by atoms with Gasteiger partial charge in [-0.05, 0) is 25.7 Å². The van der Waals surface area contributed by atoms with Crippen molar-refractivity contribution in [3.63, 3.8) is 0 Å². The van der Waals surface area contributed by atoms with E-state index in [9.17, 15) is 33.9 Å². The molecule has 176 valence electrons. The minimum Gasteiger partial charge on any atom is -0.481 e. The zero-order valence-corrected chi connectivity index (χ0v) is 17.7. The Hall–Kier alpha value is -3.22. The van der Waals surface area contributed by atoms with Crippen LogP contribution in [0.5, 0.6) is 0 Å². The number of amides is 4. The van der Waals surface area contributed by atoms with Crippen LogP contribution in [0.25, 0.3) is 0 Å². The number of nitrogens with one attached hydrogen (secondary N) is 3. The number of carbonyl (C=O) groups is 6. The van der Waals surface area contributed by atoms with Gasteiger partial charge in [0.05, 0.1) is 6.04 Å². The van der Waals surface area contributed by atoms with Gasteiger partial charge in [-0.3, -0.25) is 24.0 Å². The quantitative estimate of drug-likeness (QED) is 0.151. The van der Waals surface area contributed by atoms with E-state index in [0.717, 1.165) is 0 Å². The van der Waals surface area contributed by atoms with Crippen molar-refractivity contribution < 1.29 is 39.0 Å². The molecule has 0 aromatic rings. The molecule has 4 atom stereocenters. The van der Waals surface area contributed by atoms with Gasteiger partial charge in [0, 0.05) is 12.8 Å². The number of carbonyl (C=O) groups excluding carboxylic acids is 4. The second-order valence-corrected chi connectivity index (χ2v) is 7.42. The highest BCUT2D eigenvalue weighted by Gasteiger charge is 2.31. The molecule has 0 aromatic heterocycles. The fourth-order valence-corrected chi connectivity index (χ4v) is 2.43. The van der Waals surface area contributed by atoms with E-state index in [0.29, 0.717) is 0 Å². The average molecular weight is 445 g/mol. The molecule has 4 unspecified atom stereocenters. The van der Waals surface area contributed by atoms with Crippen molar-refractivity contribution in [3.8, 4) is 0 Å². The Bertz CT molecular complexity index is 694. The van der Waals surface area contributed by atoms with Crippen LogP contribution in [0.4, 0.5) is 0 Å². The first-order chi connectivity index (χ1) is 14.3. The van der Waals surface area contributed by atoms with Crippen molar-refractivity contribution in [2.24, 2.45) is 17.4 Å². The van der Waals surface area contributed by atoms with Gasteiger partial charge in [-0.2, -0.15) is 0 Å². The maximum atomic E-state index is 12.7. The standard InChI is InChI=1S/C18H31N5O8/c1-8(2)14(23-15(27)9(3)19)17(29)21-10(5-7-13(25)26)16(28)22-11(18(30)31)4-6-12(20)24/h8-11,14H,4-7,19H2,1-3H3,(H2,20,24)(H,21,29)(H,22,28)(H,23,27)(H,25,26)(H,30,31). The molecule has 13 nitrogen and oxygen atoms in total. The summed E-state index contributed by atoms with van der Waals surface area (Å²) >= 11 is 0. The predicted octanol–water partition coefficient (Wildman–Crippen LogP) is -2.34. The van der Waals surface area contributed by atoms with Crippen molar-refractivity contribution in [3.05, 3.63) is 0 Å². The van der Waals surface area contributed by atoms with Gasteiger partial charge in [0.15, 0.2) is 0 Å². The third-order valence-corrected chi connectivity index (χ3v) is 4.23. The van der Waals surface area contributed by atoms with Gasteiger partial charge in [-0.1, -0.05) is 13.8 Å². The normalized spacial score (nSPS) is 14.6. The lowest BCUT2D eigenvalue weighted by Crippen LogP contribution is -2.58. The van der Waals surface area contributed by atoms with Crippen LogP contribution in [0, 0.1) is 5.92 Å². The van der Waals surface area contributed by atoms with E-state index in [4.69, 9.17) is 16.6 Å². The number of hydrogen-bond donors (Lipinski definition) is 7. The van der Waals surface area contributed by atoms with Crippen LogP contribution in [0.15, 0.2) is 0 Å². The largest absolute Gasteiger partial charge is 0.481 e. The van der Waals surface area contributed by atoms with E-state index in [-0.39, 0.29) is 19.3 Å². The van der Waals surface area contributed by atoms with E-state index in [1.165, 1.54) is 6.92 Å². The molecule has 0 bridgehead atoms. The molecule has 0 spiro atoms. The molecule has 31 heavy (non-hydrogen) atoms. The van der Waals surface area contributed by atoms with Gasteiger partial charge in [-0.15, -0.1) is 0 Å². The average Bonchev–Trinajstić information content (AvgIpc) is 2.64. The first-order valence-corrected chi connectivity index (χ1v) is 9.65. The highest BCUT2D eigenvalue weighted by molar-refractivity contribution is 5.94. The minimum atomic E-state index is -1.47. The summed E-state index contributed by atoms with van der Waals surface area (Å²) in [6.07, 6.45) is -1.41. The summed E-state index contributed by atoms with van der Waals surface area (Å²) in [5.41, 5.74) is 10.5. The molecule has 0 saturated heterocycles. The zero-order valence-electron chi connectivity index (χ0n) is 17.7. The number of primary amides is 1. The van der Waals surface area contributed by atoms with E-state index in [1.807, 2.05) is 0 Å². The zero-order chi connectivity index (χ0) is 24.3. The maximum absolute atomic E-state index is 12.7.